The minimum absolute atomic E-state index is 0.175. The van der Waals surface area contributed by atoms with E-state index in [-0.39, 0.29) is 11.3 Å². The molecular weight excluding hydrogens is 393 g/mol. The Morgan fingerprint density at radius 3 is 2.48 bits per heavy atom. The molecule has 0 N–H and O–H groups in total. The summed E-state index contributed by atoms with van der Waals surface area (Å²) in [4.78, 5) is 4.58. The van der Waals surface area contributed by atoms with Crippen LogP contribution in [0.4, 0.5) is 8.78 Å². The molecule has 0 saturated carbocycles. The fourth-order valence-corrected chi connectivity index (χ4v) is 3.53. The monoisotopic (exact) mass is 406 g/mol. The molecule has 2 atom stereocenters. The quantitative estimate of drug-likeness (QED) is 0.533. The fraction of sp³-hybridized carbons (Fsp3) is 0.211. The number of nitrogens with zero attached hydrogens (tertiary/aromatic N) is 4. The molecule has 0 amide bonds. The molecule has 4 rings (SSSR count). The van der Waals surface area contributed by atoms with Gasteiger partial charge in [-0.15, -0.1) is 21.8 Å². The van der Waals surface area contributed by atoms with Crippen molar-refractivity contribution in [3.8, 4) is 5.69 Å². The van der Waals surface area contributed by atoms with Crippen LogP contribution in [0.2, 0.25) is 5.02 Å². The van der Waals surface area contributed by atoms with Gasteiger partial charge in [0, 0.05) is 10.6 Å². The zero-order chi connectivity index (χ0) is 19.3. The Bertz CT molecular complexity index is 1060. The van der Waals surface area contributed by atoms with Crippen molar-refractivity contribution in [2.45, 2.75) is 25.3 Å². The van der Waals surface area contributed by atoms with Gasteiger partial charge in [0.1, 0.15) is 17.7 Å². The maximum absolute atomic E-state index is 14.5. The van der Waals surface area contributed by atoms with Gasteiger partial charge >= 0.3 is 0 Å². The summed E-state index contributed by atoms with van der Waals surface area (Å²) in [6, 6.07) is 8.29. The van der Waals surface area contributed by atoms with Crippen LogP contribution in [0, 0.1) is 11.6 Å². The summed E-state index contributed by atoms with van der Waals surface area (Å²) in [5, 5.41) is 8.39. The minimum Gasteiger partial charge on any atom is -0.279 e. The number of aliphatic imine (C=N–C) groups is 1. The van der Waals surface area contributed by atoms with Gasteiger partial charge in [0.25, 0.3) is 0 Å². The Kier molecular flexibility index (Phi) is 4.48. The van der Waals surface area contributed by atoms with E-state index in [0.29, 0.717) is 27.9 Å². The first-order valence-corrected chi connectivity index (χ1v) is 9.11. The first-order valence-electron chi connectivity index (χ1n) is 8.30. The predicted octanol–water partition coefficient (Wildman–Crippen LogP) is 5.41. The molecule has 2 unspecified atom stereocenters. The van der Waals surface area contributed by atoms with Gasteiger partial charge in [-0.1, -0.05) is 17.7 Å². The molecule has 0 saturated heterocycles. The van der Waals surface area contributed by atoms with Gasteiger partial charge in [0.2, 0.25) is 0 Å². The number of fused-ring (bicyclic) bond motifs is 3. The zero-order valence-electron chi connectivity index (χ0n) is 14.4. The number of hydrogen-bond donors (Lipinski definition) is 0. The van der Waals surface area contributed by atoms with E-state index in [1.807, 2.05) is 0 Å². The minimum atomic E-state index is -0.699. The molecule has 1 aromatic heterocycles. The maximum atomic E-state index is 14.5. The highest BCUT2D eigenvalue weighted by molar-refractivity contribution is 6.31. The highest BCUT2D eigenvalue weighted by Gasteiger charge is 2.30. The van der Waals surface area contributed by atoms with Crippen LogP contribution in [0.15, 0.2) is 41.4 Å². The SMILES string of the molecule is CC(Cl)c1nnc2n1-c1ccc(Cl)cc1C(c1c(F)cccc1F)=NC2C. The summed E-state index contributed by atoms with van der Waals surface area (Å²) in [5.41, 5.74) is 1.07. The number of aromatic nitrogens is 3. The molecule has 1 aliphatic rings. The van der Waals surface area contributed by atoms with Crippen molar-refractivity contribution < 1.29 is 8.78 Å². The second kappa shape index (κ2) is 6.69. The van der Waals surface area contributed by atoms with Gasteiger partial charge in [-0.3, -0.25) is 9.56 Å². The largest absolute Gasteiger partial charge is 0.279 e. The molecule has 138 valence electrons. The maximum Gasteiger partial charge on any atom is 0.162 e. The summed E-state index contributed by atoms with van der Waals surface area (Å²) in [7, 11) is 0. The summed E-state index contributed by atoms with van der Waals surface area (Å²) >= 11 is 12.5. The van der Waals surface area contributed by atoms with Crippen LogP contribution in [0.25, 0.3) is 5.69 Å². The van der Waals surface area contributed by atoms with Gasteiger partial charge in [-0.25, -0.2) is 8.78 Å². The van der Waals surface area contributed by atoms with E-state index in [4.69, 9.17) is 23.2 Å². The highest BCUT2D eigenvalue weighted by Crippen LogP contribution is 2.35. The standard InChI is InChI=1S/C19H14Cl2F2N4/c1-9(20)18-25-26-19-10(2)24-17(16-13(22)4-3-5-14(16)23)12-8-11(21)6-7-15(12)27(18)19/h3-10H,1-2H3. The summed E-state index contributed by atoms with van der Waals surface area (Å²) in [6.07, 6.45) is 0. The summed E-state index contributed by atoms with van der Waals surface area (Å²) < 4.78 is 30.9. The Hall–Kier alpha value is -2.31. The number of halogens is 4. The van der Waals surface area contributed by atoms with Gasteiger partial charge < -0.3 is 0 Å². The normalized spacial score (nSPS) is 17.0. The van der Waals surface area contributed by atoms with Crippen LogP contribution < -0.4 is 0 Å². The van der Waals surface area contributed by atoms with Crippen molar-refractivity contribution in [3.05, 3.63) is 75.8 Å². The lowest BCUT2D eigenvalue weighted by atomic mass is 9.99. The molecule has 2 aromatic carbocycles. The zero-order valence-corrected chi connectivity index (χ0v) is 15.9. The molecule has 8 heteroatoms. The van der Waals surface area contributed by atoms with Crippen LogP contribution in [0.1, 0.15) is 48.0 Å². The lowest BCUT2D eigenvalue weighted by Gasteiger charge is -2.15. The smallest absolute Gasteiger partial charge is 0.162 e. The van der Waals surface area contributed by atoms with Gasteiger partial charge in [-0.2, -0.15) is 0 Å². The molecule has 27 heavy (non-hydrogen) atoms. The van der Waals surface area contributed by atoms with E-state index in [2.05, 4.69) is 15.2 Å². The number of benzene rings is 2. The molecule has 1 aliphatic heterocycles. The number of hydrogen-bond acceptors (Lipinski definition) is 3. The molecule has 0 bridgehead atoms. The number of alkyl halides is 1. The fourth-order valence-electron chi connectivity index (χ4n) is 3.22. The summed E-state index contributed by atoms with van der Waals surface area (Å²) in [6.45, 7) is 3.57. The van der Waals surface area contributed by atoms with Crippen LogP contribution in [-0.2, 0) is 0 Å². The highest BCUT2D eigenvalue weighted by atomic mass is 35.5. The van der Waals surface area contributed by atoms with Crippen molar-refractivity contribution in [2.75, 3.05) is 0 Å². The van der Waals surface area contributed by atoms with Crippen LogP contribution in [-0.4, -0.2) is 20.5 Å². The molecular formula is C19H14Cl2F2N4. The molecule has 0 aliphatic carbocycles. The van der Waals surface area contributed by atoms with Crippen molar-refractivity contribution >= 4 is 28.9 Å². The van der Waals surface area contributed by atoms with Crippen molar-refractivity contribution in [1.29, 1.82) is 0 Å². The average Bonchev–Trinajstić information content (AvgIpc) is 3.01. The molecule has 3 aromatic rings. The van der Waals surface area contributed by atoms with Crippen LogP contribution in [0.3, 0.4) is 0 Å². The van der Waals surface area contributed by atoms with Crippen molar-refractivity contribution in [3.63, 3.8) is 0 Å². The summed E-state index contributed by atoms with van der Waals surface area (Å²) in [5.74, 6) is -0.341. The lowest BCUT2D eigenvalue weighted by molar-refractivity contribution is 0.578. The number of rotatable bonds is 2. The molecule has 4 nitrogen and oxygen atoms in total. The topological polar surface area (TPSA) is 43.1 Å². The third-order valence-electron chi connectivity index (χ3n) is 4.42. The van der Waals surface area contributed by atoms with E-state index in [0.717, 1.165) is 0 Å². The molecule has 0 spiro atoms. The second-order valence-electron chi connectivity index (χ2n) is 6.28. The van der Waals surface area contributed by atoms with Crippen molar-refractivity contribution in [1.82, 2.24) is 14.8 Å². The van der Waals surface area contributed by atoms with Crippen LogP contribution in [0.5, 0.6) is 0 Å². The van der Waals surface area contributed by atoms with Gasteiger partial charge in [-0.05, 0) is 44.2 Å². The Balaban J connectivity index is 2.08. The second-order valence-corrected chi connectivity index (χ2v) is 7.37. The molecule has 0 radical (unpaired) electrons. The molecule has 2 heterocycles. The third-order valence-corrected chi connectivity index (χ3v) is 4.85. The van der Waals surface area contributed by atoms with E-state index in [1.54, 1.807) is 36.6 Å². The first kappa shape index (κ1) is 18.1. The van der Waals surface area contributed by atoms with Crippen molar-refractivity contribution in [2.24, 2.45) is 4.99 Å². The van der Waals surface area contributed by atoms with E-state index >= 15 is 0 Å². The average molecular weight is 407 g/mol. The van der Waals surface area contributed by atoms with E-state index < -0.39 is 23.1 Å². The van der Waals surface area contributed by atoms with Crippen LogP contribution >= 0.6 is 23.2 Å². The van der Waals surface area contributed by atoms with Gasteiger partial charge in [0.15, 0.2) is 11.6 Å². The Morgan fingerprint density at radius 1 is 1.11 bits per heavy atom. The van der Waals surface area contributed by atoms with E-state index in [9.17, 15) is 8.78 Å². The Labute approximate surface area is 164 Å². The third kappa shape index (κ3) is 2.93. The lowest BCUT2D eigenvalue weighted by Crippen LogP contribution is -2.12. The van der Waals surface area contributed by atoms with E-state index in [1.165, 1.54) is 18.2 Å². The predicted molar refractivity (Wildman–Crippen MR) is 101 cm³/mol. The molecule has 0 fully saturated rings. The Morgan fingerprint density at radius 2 is 1.81 bits per heavy atom. The van der Waals surface area contributed by atoms with Gasteiger partial charge in [0.05, 0.1) is 22.3 Å². The first-order chi connectivity index (χ1) is 12.9.